The molecule has 0 radical (unpaired) electrons. The number of halogens is 1. The number of nitrogens with one attached hydrogen (secondary N) is 1. The van der Waals surface area contributed by atoms with E-state index in [0.717, 1.165) is 5.02 Å². The van der Waals surface area contributed by atoms with Gasteiger partial charge in [0.2, 0.25) is 0 Å². The molecule has 0 aliphatic heterocycles. The van der Waals surface area contributed by atoms with Crippen LogP contribution in [0.4, 0.5) is 0 Å². The highest BCUT2D eigenvalue weighted by Crippen LogP contribution is 2.48. The van der Waals surface area contributed by atoms with Gasteiger partial charge in [0.1, 0.15) is 0 Å². The van der Waals surface area contributed by atoms with Crippen molar-refractivity contribution < 1.29 is 0 Å². The molecule has 1 unspecified atom stereocenters. The van der Waals surface area contributed by atoms with E-state index >= 15 is 0 Å². The second-order valence-electron chi connectivity index (χ2n) is 5.29. The Morgan fingerprint density at radius 1 is 1.25 bits per heavy atom. The Balaban J connectivity index is 2.03. The van der Waals surface area contributed by atoms with Gasteiger partial charge in [0.25, 0.3) is 0 Å². The van der Waals surface area contributed by atoms with Crippen LogP contribution in [-0.2, 0) is 0 Å². The maximum Gasteiger partial charge on any atom is 0.0453 e. The molecule has 1 aromatic carbocycles. The van der Waals surface area contributed by atoms with Crippen molar-refractivity contribution in [1.29, 1.82) is 0 Å². The largest absolute Gasteiger partial charge is 0.307 e. The molecule has 2 heteroatoms. The Morgan fingerprint density at radius 3 is 2.44 bits per heavy atom. The molecule has 2 atom stereocenters. The molecule has 16 heavy (non-hydrogen) atoms. The van der Waals surface area contributed by atoms with E-state index in [2.05, 4.69) is 32.2 Å². The fraction of sp³-hybridized carbons (Fsp3) is 0.571. The third kappa shape index (κ3) is 2.41. The summed E-state index contributed by atoms with van der Waals surface area (Å²) in [6.45, 7) is 6.81. The first kappa shape index (κ1) is 11.9. The number of rotatable bonds is 4. The van der Waals surface area contributed by atoms with Crippen LogP contribution in [-0.4, -0.2) is 6.04 Å². The van der Waals surface area contributed by atoms with Crippen LogP contribution < -0.4 is 5.32 Å². The Labute approximate surface area is 103 Å². The number of hydrogen-bond donors (Lipinski definition) is 1. The van der Waals surface area contributed by atoms with Crippen LogP contribution in [0, 0.1) is 5.41 Å². The number of benzene rings is 1. The van der Waals surface area contributed by atoms with Gasteiger partial charge in [-0.15, -0.1) is 0 Å². The van der Waals surface area contributed by atoms with E-state index in [1.165, 1.54) is 18.4 Å². The zero-order valence-electron chi connectivity index (χ0n) is 10.3. The van der Waals surface area contributed by atoms with E-state index < -0.39 is 0 Å². The van der Waals surface area contributed by atoms with Crippen LogP contribution in [0.15, 0.2) is 24.3 Å². The molecule has 1 fully saturated rings. The van der Waals surface area contributed by atoms with Crippen molar-refractivity contribution in [3.63, 3.8) is 0 Å². The van der Waals surface area contributed by atoms with Gasteiger partial charge in [0, 0.05) is 17.1 Å². The second kappa shape index (κ2) is 4.38. The van der Waals surface area contributed by atoms with Gasteiger partial charge in [-0.2, -0.15) is 0 Å². The minimum Gasteiger partial charge on any atom is -0.307 e. The Morgan fingerprint density at radius 2 is 1.88 bits per heavy atom. The van der Waals surface area contributed by atoms with E-state index in [1.807, 2.05) is 18.2 Å². The summed E-state index contributed by atoms with van der Waals surface area (Å²) in [4.78, 5) is 0. The van der Waals surface area contributed by atoms with Crippen molar-refractivity contribution in [2.24, 2.45) is 5.41 Å². The SMILES string of the molecule is CC(N[C@H](C)c1ccccc1Cl)C1(C)CC1. The summed E-state index contributed by atoms with van der Waals surface area (Å²) in [5.74, 6) is 0. The van der Waals surface area contributed by atoms with Crippen LogP contribution in [0.1, 0.15) is 45.2 Å². The lowest BCUT2D eigenvalue weighted by Crippen LogP contribution is -2.35. The van der Waals surface area contributed by atoms with Gasteiger partial charge in [-0.05, 0) is 43.7 Å². The molecule has 1 aliphatic carbocycles. The van der Waals surface area contributed by atoms with Crippen molar-refractivity contribution in [3.05, 3.63) is 34.9 Å². The third-order valence-corrected chi connectivity index (χ3v) is 4.30. The van der Waals surface area contributed by atoms with Crippen molar-refractivity contribution in [2.45, 2.75) is 45.7 Å². The molecular formula is C14H20ClN. The van der Waals surface area contributed by atoms with Crippen molar-refractivity contribution in [2.75, 3.05) is 0 Å². The molecule has 1 aromatic rings. The average molecular weight is 238 g/mol. The van der Waals surface area contributed by atoms with E-state index in [0.29, 0.717) is 17.5 Å². The van der Waals surface area contributed by atoms with E-state index in [-0.39, 0.29) is 0 Å². The summed E-state index contributed by atoms with van der Waals surface area (Å²) in [5, 5.41) is 4.51. The van der Waals surface area contributed by atoms with E-state index in [4.69, 9.17) is 11.6 Å². The molecular weight excluding hydrogens is 218 g/mol. The summed E-state index contributed by atoms with van der Waals surface area (Å²) in [6, 6.07) is 8.95. The minimum atomic E-state index is 0.320. The molecule has 1 aliphatic rings. The Bertz CT molecular complexity index is 371. The van der Waals surface area contributed by atoms with Gasteiger partial charge < -0.3 is 5.32 Å². The first-order chi connectivity index (χ1) is 7.53. The van der Waals surface area contributed by atoms with Crippen LogP contribution in [0.5, 0.6) is 0 Å². The highest BCUT2D eigenvalue weighted by molar-refractivity contribution is 6.31. The van der Waals surface area contributed by atoms with Gasteiger partial charge in [0.15, 0.2) is 0 Å². The first-order valence-electron chi connectivity index (χ1n) is 6.03. The second-order valence-corrected chi connectivity index (χ2v) is 5.69. The zero-order chi connectivity index (χ0) is 11.8. The van der Waals surface area contributed by atoms with Gasteiger partial charge in [-0.1, -0.05) is 36.7 Å². The van der Waals surface area contributed by atoms with Gasteiger partial charge in [-0.25, -0.2) is 0 Å². The average Bonchev–Trinajstić information content (AvgIpc) is 2.98. The normalized spacial score (nSPS) is 21.5. The van der Waals surface area contributed by atoms with Crippen molar-refractivity contribution >= 4 is 11.6 Å². The zero-order valence-corrected chi connectivity index (χ0v) is 11.0. The predicted molar refractivity (Wildman–Crippen MR) is 69.8 cm³/mol. The van der Waals surface area contributed by atoms with Crippen molar-refractivity contribution in [1.82, 2.24) is 5.32 Å². The van der Waals surface area contributed by atoms with Crippen LogP contribution in [0.3, 0.4) is 0 Å². The fourth-order valence-electron chi connectivity index (χ4n) is 2.12. The monoisotopic (exact) mass is 237 g/mol. The molecule has 1 N–H and O–H groups in total. The summed E-state index contributed by atoms with van der Waals surface area (Å²) in [5.41, 5.74) is 1.70. The third-order valence-electron chi connectivity index (χ3n) is 3.96. The maximum absolute atomic E-state index is 6.19. The Hall–Kier alpha value is -0.530. The van der Waals surface area contributed by atoms with Crippen molar-refractivity contribution in [3.8, 4) is 0 Å². The molecule has 0 heterocycles. The molecule has 1 nitrogen and oxygen atoms in total. The van der Waals surface area contributed by atoms with Crippen LogP contribution in [0.2, 0.25) is 5.02 Å². The van der Waals surface area contributed by atoms with Gasteiger partial charge in [-0.3, -0.25) is 0 Å². The summed E-state index contributed by atoms with van der Waals surface area (Å²) in [6.07, 6.45) is 2.69. The maximum atomic E-state index is 6.19. The summed E-state index contributed by atoms with van der Waals surface area (Å²) >= 11 is 6.19. The highest BCUT2D eigenvalue weighted by Gasteiger charge is 2.42. The Kier molecular flexibility index (Phi) is 3.27. The fourth-order valence-corrected chi connectivity index (χ4v) is 2.42. The van der Waals surface area contributed by atoms with Gasteiger partial charge in [0.05, 0.1) is 0 Å². The molecule has 0 saturated heterocycles. The lowest BCUT2D eigenvalue weighted by molar-refractivity contribution is 0.350. The molecule has 0 aromatic heterocycles. The lowest BCUT2D eigenvalue weighted by Gasteiger charge is -2.25. The first-order valence-corrected chi connectivity index (χ1v) is 6.41. The van der Waals surface area contributed by atoms with E-state index in [1.54, 1.807) is 0 Å². The minimum absolute atomic E-state index is 0.320. The summed E-state index contributed by atoms with van der Waals surface area (Å²) < 4.78 is 0. The molecule has 2 rings (SSSR count). The summed E-state index contributed by atoms with van der Waals surface area (Å²) in [7, 11) is 0. The van der Waals surface area contributed by atoms with E-state index in [9.17, 15) is 0 Å². The highest BCUT2D eigenvalue weighted by atomic mass is 35.5. The van der Waals surface area contributed by atoms with Crippen LogP contribution in [0.25, 0.3) is 0 Å². The lowest BCUT2D eigenvalue weighted by atomic mass is 9.98. The molecule has 0 bridgehead atoms. The standard InChI is InChI=1S/C14H20ClN/c1-10(12-6-4-5-7-13(12)15)16-11(2)14(3)8-9-14/h4-7,10-11,16H,8-9H2,1-3H3/t10-,11?/m1/s1. The molecule has 88 valence electrons. The smallest absolute Gasteiger partial charge is 0.0453 e. The van der Waals surface area contributed by atoms with Crippen LogP contribution >= 0.6 is 11.6 Å². The molecule has 1 saturated carbocycles. The topological polar surface area (TPSA) is 12.0 Å². The number of hydrogen-bond acceptors (Lipinski definition) is 1. The molecule has 0 spiro atoms. The molecule has 0 amide bonds. The predicted octanol–water partition coefficient (Wildman–Crippen LogP) is 4.18. The quantitative estimate of drug-likeness (QED) is 0.829. The van der Waals surface area contributed by atoms with Gasteiger partial charge >= 0.3 is 0 Å².